The normalized spacial score (nSPS) is 10.7. The van der Waals surface area contributed by atoms with Gasteiger partial charge in [-0.3, -0.25) is 14.9 Å². The molecular formula is C20H19BrFN5O4. The molecule has 0 aliphatic heterocycles. The number of fused-ring (bicyclic) bond motifs is 1. The molecule has 0 bridgehead atoms. The number of nitrogens with one attached hydrogen (secondary N) is 2. The highest BCUT2D eigenvalue weighted by atomic mass is 79.9. The van der Waals surface area contributed by atoms with E-state index in [2.05, 4.69) is 36.5 Å². The van der Waals surface area contributed by atoms with Gasteiger partial charge >= 0.3 is 5.69 Å². The topological polar surface area (TPSA) is 119 Å². The van der Waals surface area contributed by atoms with Crippen LogP contribution < -0.4 is 15.4 Å². The van der Waals surface area contributed by atoms with Crippen molar-refractivity contribution in [1.82, 2.24) is 15.3 Å². The minimum Gasteiger partial charge on any atom is -0.487 e. The molecular weight excluding hydrogens is 473 g/mol. The standard InChI is InChI=1S/C20H19BrFN5O4/c1-2-19(28)23-6-3-7-31-18-10-16-13(9-17(18)27(29)30)20(25-11-24-16)26-15-5-4-12(21)8-14(15)22/h4-5,8-11H,2-3,6-7H2,1H3,(H,23,28)(H,24,25,26). The first-order valence-electron chi connectivity index (χ1n) is 9.43. The summed E-state index contributed by atoms with van der Waals surface area (Å²) in [6.07, 6.45) is 2.15. The number of hydrogen-bond donors (Lipinski definition) is 2. The monoisotopic (exact) mass is 491 g/mol. The molecule has 0 atom stereocenters. The van der Waals surface area contributed by atoms with Crippen LogP contribution in [0.2, 0.25) is 0 Å². The van der Waals surface area contributed by atoms with Gasteiger partial charge in [0.05, 0.1) is 28.1 Å². The van der Waals surface area contributed by atoms with Crippen LogP contribution in [0.1, 0.15) is 19.8 Å². The number of amides is 1. The van der Waals surface area contributed by atoms with Gasteiger partial charge in [-0.25, -0.2) is 14.4 Å². The van der Waals surface area contributed by atoms with Crippen molar-refractivity contribution in [1.29, 1.82) is 0 Å². The number of nitro benzene ring substituents is 1. The summed E-state index contributed by atoms with van der Waals surface area (Å²) in [5, 5.41) is 17.5. The van der Waals surface area contributed by atoms with Crippen molar-refractivity contribution in [3.8, 4) is 5.75 Å². The predicted octanol–water partition coefficient (Wildman–Crippen LogP) is 4.48. The molecule has 0 fully saturated rings. The lowest BCUT2D eigenvalue weighted by Crippen LogP contribution is -2.24. The van der Waals surface area contributed by atoms with E-state index in [0.29, 0.717) is 34.8 Å². The molecule has 0 saturated heterocycles. The molecule has 2 aromatic carbocycles. The minimum atomic E-state index is -0.565. The fourth-order valence-corrected chi connectivity index (χ4v) is 3.09. The average Bonchev–Trinajstić information content (AvgIpc) is 2.74. The second-order valence-electron chi connectivity index (χ2n) is 6.47. The molecule has 0 aliphatic rings. The van der Waals surface area contributed by atoms with E-state index in [1.165, 1.54) is 30.6 Å². The minimum absolute atomic E-state index is 0.0544. The Bertz CT molecular complexity index is 1130. The largest absolute Gasteiger partial charge is 0.487 e. The van der Waals surface area contributed by atoms with Gasteiger partial charge in [-0.2, -0.15) is 0 Å². The fourth-order valence-electron chi connectivity index (χ4n) is 2.76. The summed E-state index contributed by atoms with van der Waals surface area (Å²) in [5.41, 5.74) is 0.300. The number of aromatic nitrogens is 2. The maximum absolute atomic E-state index is 14.2. The second kappa shape index (κ2) is 10.1. The van der Waals surface area contributed by atoms with Gasteiger partial charge in [0.25, 0.3) is 0 Å². The number of rotatable bonds is 9. The van der Waals surface area contributed by atoms with Gasteiger partial charge in [-0.15, -0.1) is 0 Å². The molecule has 1 aromatic heterocycles. The number of hydrogen-bond acceptors (Lipinski definition) is 7. The number of carbonyl (C=O) groups is 1. The molecule has 3 rings (SSSR count). The van der Waals surface area contributed by atoms with E-state index in [1.807, 2.05) is 0 Å². The quantitative estimate of drug-likeness (QED) is 0.257. The molecule has 1 heterocycles. The Morgan fingerprint density at radius 2 is 2.10 bits per heavy atom. The Morgan fingerprint density at radius 3 is 2.81 bits per heavy atom. The number of carbonyl (C=O) groups excluding carboxylic acids is 1. The van der Waals surface area contributed by atoms with Gasteiger partial charge in [0, 0.05) is 29.6 Å². The Labute approximate surface area is 185 Å². The van der Waals surface area contributed by atoms with Crippen molar-refractivity contribution < 1.29 is 18.8 Å². The van der Waals surface area contributed by atoms with E-state index in [9.17, 15) is 19.3 Å². The van der Waals surface area contributed by atoms with Crippen LogP contribution in [0, 0.1) is 15.9 Å². The van der Waals surface area contributed by atoms with Gasteiger partial charge in [0.15, 0.2) is 5.75 Å². The molecule has 0 unspecified atom stereocenters. The summed E-state index contributed by atoms with van der Waals surface area (Å²) in [4.78, 5) is 30.5. The highest BCUT2D eigenvalue weighted by Gasteiger charge is 2.20. The third-order valence-corrected chi connectivity index (χ3v) is 4.81. The molecule has 11 heteroatoms. The number of halogens is 2. The summed E-state index contributed by atoms with van der Waals surface area (Å²) in [7, 11) is 0. The maximum Gasteiger partial charge on any atom is 0.311 e. The summed E-state index contributed by atoms with van der Waals surface area (Å²) in [5.74, 6) is -0.302. The van der Waals surface area contributed by atoms with E-state index < -0.39 is 10.7 Å². The first kappa shape index (κ1) is 22.3. The van der Waals surface area contributed by atoms with Crippen LogP contribution in [-0.2, 0) is 4.79 Å². The van der Waals surface area contributed by atoms with Crippen LogP contribution in [0.5, 0.6) is 5.75 Å². The van der Waals surface area contributed by atoms with E-state index in [-0.39, 0.29) is 35.5 Å². The number of ether oxygens (including phenoxy) is 1. The van der Waals surface area contributed by atoms with Crippen molar-refractivity contribution in [2.75, 3.05) is 18.5 Å². The van der Waals surface area contributed by atoms with E-state index in [0.717, 1.165) is 0 Å². The van der Waals surface area contributed by atoms with Gasteiger partial charge in [0.2, 0.25) is 5.91 Å². The molecule has 0 radical (unpaired) electrons. The lowest BCUT2D eigenvalue weighted by Gasteiger charge is -2.12. The smallest absolute Gasteiger partial charge is 0.311 e. The number of nitrogens with zero attached hydrogens (tertiary/aromatic N) is 3. The summed E-state index contributed by atoms with van der Waals surface area (Å²) >= 11 is 3.19. The lowest BCUT2D eigenvalue weighted by molar-refractivity contribution is -0.385. The fraction of sp³-hybridized carbons (Fsp3) is 0.250. The molecule has 0 aliphatic carbocycles. The van der Waals surface area contributed by atoms with Crippen molar-refractivity contribution >= 4 is 49.9 Å². The zero-order valence-electron chi connectivity index (χ0n) is 16.5. The van der Waals surface area contributed by atoms with E-state index in [4.69, 9.17) is 4.74 Å². The molecule has 0 spiro atoms. The SMILES string of the molecule is CCC(=O)NCCCOc1cc2ncnc(Nc3ccc(Br)cc3F)c2cc1[N+](=O)[O-]. The predicted molar refractivity (Wildman–Crippen MR) is 117 cm³/mol. The molecule has 2 N–H and O–H groups in total. The first-order chi connectivity index (χ1) is 14.9. The van der Waals surface area contributed by atoms with Crippen LogP contribution in [0.4, 0.5) is 21.6 Å². The molecule has 9 nitrogen and oxygen atoms in total. The van der Waals surface area contributed by atoms with Crippen molar-refractivity contribution in [3.05, 3.63) is 57.1 Å². The highest BCUT2D eigenvalue weighted by Crippen LogP contribution is 2.35. The van der Waals surface area contributed by atoms with Crippen LogP contribution in [0.3, 0.4) is 0 Å². The third-order valence-electron chi connectivity index (χ3n) is 4.32. The number of anilines is 2. The Balaban J connectivity index is 1.85. The number of benzene rings is 2. The lowest BCUT2D eigenvalue weighted by atomic mass is 10.2. The molecule has 31 heavy (non-hydrogen) atoms. The van der Waals surface area contributed by atoms with Gasteiger partial charge < -0.3 is 15.4 Å². The zero-order valence-corrected chi connectivity index (χ0v) is 18.1. The highest BCUT2D eigenvalue weighted by molar-refractivity contribution is 9.10. The molecule has 162 valence electrons. The molecule has 1 amide bonds. The van der Waals surface area contributed by atoms with E-state index in [1.54, 1.807) is 13.0 Å². The summed E-state index contributed by atoms with van der Waals surface area (Å²) in [6, 6.07) is 7.22. The average molecular weight is 492 g/mol. The summed E-state index contributed by atoms with van der Waals surface area (Å²) < 4.78 is 20.3. The van der Waals surface area contributed by atoms with Gasteiger partial charge in [0.1, 0.15) is 18.0 Å². The second-order valence-corrected chi connectivity index (χ2v) is 7.39. The van der Waals surface area contributed by atoms with Crippen molar-refractivity contribution in [2.45, 2.75) is 19.8 Å². The Kier molecular flexibility index (Phi) is 7.29. The molecule has 3 aromatic rings. The van der Waals surface area contributed by atoms with Crippen LogP contribution in [0.25, 0.3) is 10.9 Å². The Morgan fingerprint density at radius 1 is 1.29 bits per heavy atom. The molecule has 0 saturated carbocycles. The van der Waals surface area contributed by atoms with Crippen LogP contribution in [-0.4, -0.2) is 34.0 Å². The van der Waals surface area contributed by atoms with E-state index >= 15 is 0 Å². The Hall–Kier alpha value is -3.34. The van der Waals surface area contributed by atoms with Crippen molar-refractivity contribution in [3.63, 3.8) is 0 Å². The van der Waals surface area contributed by atoms with Crippen LogP contribution >= 0.6 is 15.9 Å². The van der Waals surface area contributed by atoms with Gasteiger partial charge in [-0.1, -0.05) is 22.9 Å². The summed E-state index contributed by atoms with van der Waals surface area (Å²) in [6.45, 7) is 2.33. The first-order valence-corrected chi connectivity index (χ1v) is 10.2. The maximum atomic E-state index is 14.2. The van der Waals surface area contributed by atoms with Crippen LogP contribution in [0.15, 0.2) is 41.1 Å². The zero-order chi connectivity index (χ0) is 22.4. The number of nitro groups is 1. The van der Waals surface area contributed by atoms with Crippen molar-refractivity contribution in [2.24, 2.45) is 0 Å². The third kappa shape index (κ3) is 5.63. The van der Waals surface area contributed by atoms with Gasteiger partial charge in [-0.05, 0) is 24.6 Å².